The van der Waals surface area contributed by atoms with E-state index in [-0.39, 0.29) is 29.5 Å². The van der Waals surface area contributed by atoms with Gasteiger partial charge < -0.3 is 19.9 Å². The van der Waals surface area contributed by atoms with Gasteiger partial charge >= 0.3 is 0 Å². The Hall–Kier alpha value is -3.27. The van der Waals surface area contributed by atoms with E-state index in [0.29, 0.717) is 25.2 Å². The predicted octanol–water partition coefficient (Wildman–Crippen LogP) is 1.41. The Morgan fingerprint density at radius 2 is 2.00 bits per heavy atom. The molecule has 1 aromatic carbocycles. The molecule has 2 N–H and O–H groups in total. The van der Waals surface area contributed by atoms with Crippen molar-refractivity contribution >= 4 is 11.8 Å². The molecule has 5 rings (SSSR count). The zero-order chi connectivity index (χ0) is 22.6. The van der Waals surface area contributed by atoms with Crippen LogP contribution in [-0.2, 0) is 13.1 Å². The Morgan fingerprint density at radius 3 is 2.78 bits per heavy atom. The number of aromatic hydroxyl groups is 1. The summed E-state index contributed by atoms with van der Waals surface area (Å²) in [6, 6.07) is 3.38. The first kappa shape index (κ1) is 20.6. The van der Waals surface area contributed by atoms with Gasteiger partial charge in [-0.25, -0.2) is 8.78 Å². The molecule has 2 aromatic rings. The smallest absolute Gasteiger partial charge is 0.275 e. The maximum absolute atomic E-state index is 13.8. The molecule has 1 unspecified atom stereocenters. The number of hydrogen-bond donors (Lipinski definition) is 2. The SMILES string of the molecule is O=C(NCc1ccc(F)cc1F)c1cn2c(c(O)c1=O)C(=O)N1CC[C@@H]3CCCN3C1C2. The summed E-state index contributed by atoms with van der Waals surface area (Å²) in [5.74, 6) is -3.57. The van der Waals surface area contributed by atoms with Crippen molar-refractivity contribution in [3.05, 3.63) is 63.1 Å². The molecule has 0 bridgehead atoms. The number of rotatable bonds is 3. The third kappa shape index (κ3) is 3.26. The average molecular weight is 444 g/mol. The number of nitrogens with one attached hydrogen (secondary N) is 1. The highest BCUT2D eigenvalue weighted by Gasteiger charge is 2.45. The van der Waals surface area contributed by atoms with Gasteiger partial charge in [-0.15, -0.1) is 0 Å². The first-order valence-corrected chi connectivity index (χ1v) is 10.6. The standard InChI is InChI=1S/C22H22F2N4O4/c23-13-4-3-12(16(24)8-13)9-25-21(31)15-10-26-11-17-27-6-1-2-14(27)5-7-28(17)22(32)18(26)20(30)19(15)29/h3-4,8,10,14,17,30H,1-2,5-7,9,11H2,(H,25,31)/t14-,17?/m0/s1. The molecule has 0 aliphatic carbocycles. The van der Waals surface area contributed by atoms with E-state index in [1.54, 1.807) is 4.90 Å². The van der Waals surface area contributed by atoms with Gasteiger partial charge in [-0.05, 0) is 25.3 Å². The van der Waals surface area contributed by atoms with Crippen LogP contribution in [0.5, 0.6) is 5.75 Å². The van der Waals surface area contributed by atoms with Crippen molar-refractivity contribution in [3.63, 3.8) is 0 Å². The highest BCUT2D eigenvalue weighted by atomic mass is 19.1. The molecule has 8 nitrogen and oxygen atoms in total. The molecular weight excluding hydrogens is 422 g/mol. The normalized spacial score (nSPS) is 22.3. The largest absolute Gasteiger partial charge is 0.503 e. The number of benzene rings is 1. The molecule has 10 heteroatoms. The van der Waals surface area contributed by atoms with E-state index < -0.39 is 34.6 Å². The van der Waals surface area contributed by atoms with Gasteiger partial charge in [0.2, 0.25) is 5.43 Å². The van der Waals surface area contributed by atoms with Crippen LogP contribution in [-0.4, -0.2) is 56.6 Å². The van der Waals surface area contributed by atoms with E-state index in [9.17, 15) is 28.3 Å². The number of carbonyl (C=O) groups excluding carboxylic acids is 2. The van der Waals surface area contributed by atoms with E-state index >= 15 is 0 Å². The molecule has 168 valence electrons. The lowest BCUT2D eigenvalue weighted by Crippen LogP contribution is -2.62. The lowest BCUT2D eigenvalue weighted by Gasteiger charge is -2.48. The molecule has 0 radical (unpaired) electrons. The van der Waals surface area contributed by atoms with Crippen molar-refractivity contribution < 1.29 is 23.5 Å². The van der Waals surface area contributed by atoms with E-state index in [2.05, 4.69) is 10.2 Å². The Morgan fingerprint density at radius 1 is 1.19 bits per heavy atom. The number of pyridine rings is 1. The number of amides is 2. The van der Waals surface area contributed by atoms with Crippen LogP contribution in [0.15, 0.2) is 29.2 Å². The van der Waals surface area contributed by atoms with Crippen LogP contribution in [0.2, 0.25) is 0 Å². The highest BCUT2D eigenvalue weighted by molar-refractivity contribution is 5.99. The van der Waals surface area contributed by atoms with Gasteiger partial charge in [0.25, 0.3) is 11.8 Å². The minimum absolute atomic E-state index is 0.0511. The van der Waals surface area contributed by atoms with E-state index in [1.165, 1.54) is 16.8 Å². The molecule has 0 spiro atoms. The van der Waals surface area contributed by atoms with Crippen LogP contribution in [0.1, 0.15) is 45.7 Å². The molecule has 3 aliphatic heterocycles. The van der Waals surface area contributed by atoms with Gasteiger partial charge in [-0.3, -0.25) is 19.3 Å². The molecule has 2 saturated heterocycles. The summed E-state index contributed by atoms with van der Waals surface area (Å²) >= 11 is 0. The maximum atomic E-state index is 13.8. The fourth-order valence-electron chi connectivity index (χ4n) is 5.04. The number of nitrogens with zero attached hydrogens (tertiary/aromatic N) is 3. The number of hydrogen-bond acceptors (Lipinski definition) is 5. The molecular formula is C22H22F2N4O4. The van der Waals surface area contributed by atoms with E-state index in [1.807, 2.05) is 0 Å². The predicted molar refractivity (Wildman–Crippen MR) is 109 cm³/mol. The summed E-state index contributed by atoms with van der Waals surface area (Å²) in [6.45, 7) is 1.50. The Bertz CT molecular complexity index is 1180. The van der Waals surface area contributed by atoms with Crippen LogP contribution in [0, 0.1) is 11.6 Å². The van der Waals surface area contributed by atoms with Crippen LogP contribution < -0.4 is 10.7 Å². The van der Waals surface area contributed by atoms with Crippen molar-refractivity contribution in [1.29, 1.82) is 0 Å². The summed E-state index contributed by atoms with van der Waals surface area (Å²) in [5.41, 5.74) is -1.37. The lowest BCUT2D eigenvalue weighted by molar-refractivity contribution is -0.0211. The summed E-state index contributed by atoms with van der Waals surface area (Å²) in [7, 11) is 0. The third-order valence-electron chi connectivity index (χ3n) is 6.65. The Labute approximate surface area is 182 Å². The fraction of sp³-hybridized carbons (Fsp3) is 0.409. The number of halogens is 2. The van der Waals surface area contributed by atoms with Crippen molar-refractivity contribution in [1.82, 2.24) is 19.7 Å². The van der Waals surface area contributed by atoms with Crippen molar-refractivity contribution in [2.24, 2.45) is 0 Å². The van der Waals surface area contributed by atoms with Crippen LogP contribution in [0.4, 0.5) is 8.78 Å². The zero-order valence-corrected chi connectivity index (χ0v) is 17.2. The maximum Gasteiger partial charge on any atom is 0.275 e. The van der Waals surface area contributed by atoms with E-state index in [0.717, 1.165) is 31.9 Å². The third-order valence-corrected chi connectivity index (χ3v) is 6.65. The lowest BCUT2D eigenvalue weighted by atomic mass is 10.0. The summed E-state index contributed by atoms with van der Waals surface area (Å²) < 4.78 is 28.4. The summed E-state index contributed by atoms with van der Waals surface area (Å²) in [5, 5.41) is 12.9. The fourth-order valence-corrected chi connectivity index (χ4v) is 5.04. The second-order valence-electron chi connectivity index (χ2n) is 8.44. The number of carbonyl (C=O) groups is 2. The monoisotopic (exact) mass is 444 g/mol. The van der Waals surface area contributed by atoms with Gasteiger partial charge in [0.15, 0.2) is 11.4 Å². The Balaban J connectivity index is 1.44. The second kappa shape index (κ2) is 7.70. The highest BCUT2D eigenvalue weighted by Crippen LogP contribution is 2.34. The van der Waals surface area contributed by atoms with Crippen LogP contribution in [0.3, 0.4) is 0 Å². The molecule has 32 heavy (non-hydrogen) atoms. The summed E-state index contributed by atoms with van der Waals surface area (Å²) in [6.07, 6.45) is 4.08. The summed E-state index contributed by atoms with van der Waals surface area (Å²) in [4.78, 5) is 42.4. The topological polar surface area (TPSA) is 94.9 Å². The molecule has 2 fully saturated rings. The van der Waals surface area contributed by atoms with Gasteiger partial charge in [0.05, 0.1) is 6.54 Å². The minimum Gasteiger partial charge on any atom is -0.503 e. The van der Waals surface area contributed by atoms with E-state index in [4.69, 9.17) is 0 Å². The molecule has 2 amide bonds. The zero-order valence-electron chi connectivity index (χ0n) is 17.2. The van der Waals surface area contributed by atoms with Crippen LogP contribution in [0.25, 0.3) is 0 Å². The molecule has 0 saturated carbocycles. The first-order valence-electron chi connectivity index (χ1n) is 10.6. The van der Waals surface area contributed by atoms with Gasteiger partial charge in [-0.2, -0.15) is 0 Å². The van der Waals surface area contributed by atoms with Crippen molar-refractivity contribution in [2.75, 3.05) is 13.1 Å². The van der Waals surface area contributed by atoms with Crippen LogP contribution >= 0.6 is 0 Å². The second-order valence-corrected chi connectivity index (χ2v) is 8.44. The Kier molecular flexibility index (Phi) is 4.96. The number of aromatic nitrogens is 1. The number of fused-ring (bicyclic) bond motifs is 4. The molecule has 3 aliphatic rings. The van der Waals surface area contributed by atoms with Crippen molar-refractivity contribution in [2.45, 2.75) is 44.6 Å². The average Bonchev–Trinajstić information content (AvgIpc) is 3.25. The molecule has 2 atom stereocenters. The van der Waals surface area contributed by atoms with Crippen molar-refractivity contribution in [3.8, 4) is 5.75 Å². The molecule has 4 heterocycles. The first-order chi connectivity index (χ1) is 15.3. The van der Waals surface area contributed by atoms with Gasteiger partial charge in [0.1, 0.15) is 23.4 Å². The quantitative estimate of drug-likeness (QED) is 0.747. The van der Waals surface area contributed by atoms with Gasteiger partial charge in [-0.1, -0.05) is 6.07 Å². The molecule has 1 aromatic heterocycles. The van der Waals surface area contributed by atoms with Gasteiger partial charge in [0, 0.05) is 43.5 Å². The minimum atomic E-state index is -0.962.